The molecule has 10 N–H and O–H groups in total. The van der Waals surface area contributed by atoms with Crippen molar-refractivity contribution in [2.45, 2.75) is 63.1 Å². The Hall–Kier alpha value is -4.01. The number of hydrogen-bond acceptors (Lipinski definition) is 9. The molecule has 14 nitrogen and oxygen atoms in total. The van der Waals surface area contributed by atoms with Crippen LogP contribution in [-0.2, 0) is 32.0 Å². The van der Waals surface area contributed by atoms with E-state index in [1.165, 1.54) is 50.6 Å². The number of benzene rings is 1. The van der Waals surface area contributed by atoms with Crippen molar-refractivity contribution in [2.24, 2.45) is 5.73 Å². The maximum absolute atomic E-state index is 13.1. The highest BCUT2D eigenvalue weighted by Crippen LogP contribution is 2.12. The molecular weight excluding hydrogens is 488 g/mol. The molecule has 1 aromatic carbocycles. The second-order valence-corrected chi connectivity index (χ2v) is 8.61. The number of carbonyl (C=O) groups is 4. The largest absolute Gasteiger partial charge is 0.508 e. The third kappa shape index (κ3) is 8.86. The van der Waals surface area contributed by atoms with Gasteiger partial charge in [-0.15, -0.1) is 0 Å². The van der Waals surface area contributed by atoms with E-state index in [2.05, 4.69) is 25.9 Å². The predicted molar refractivity (Wildman–Crippen MR) is 129 cm³/mol. The number of nitrogens with one attached hydrogen (secondary N) is 4. The summed E-state index contributed by atoms with van der Waals surface area (Å²) in [5.41, 5.74) is 6.56. The average Bonchev–Trinajstić information content (AvgIpc) is 3.34. The number of aliphatic carboxylic acids is 1. The third-order valence-corrected chi connectivity index (χ3v) is 5.49. The Kier molecular flexibility index (Phi) is 10.5. The standard InChI is InChI=1S/C23H32N6O8/c1-11(30)18(24)21(34)29-19(12(2)31)22(35)27-16(8-14-9-25-10-26-14)20(33)28-17(23(36)37)7-13-3-5-15(32)6-4-13/h3-6,9-12,16-19,30-32H,7-8,24H2,1-2H3,(H,25,26)(H,27,35)(H,28,33)(H,29,34)(H,36,37). The van der Waals surface area contributed by atoms with Crippen LogP contribution in [0.25, 0.3) is 0 Å². The number of aromatic hydroxyl groups is 1. The van der Waals surface area contributed by atoms with Gasteiger partial charge in [-0.3, -0.25) is 14.4 Å². The average molecular weight is 521 g/mol. The van der Waals surface area contributed by atoms with Gasteiger partial charge in [0.05, 0.1) is 18.5 Å². The number of phenols is 1. The quantitative estimate of drug-likeness (QED) is 0.135. The van der Waals surface area contributed by atoms with Gasteiger partial charge >= 0.3 is 5.97 Å². The first-order valence-electron chi connectivity index (χ1n) is 11.4. The Morgan fingerprint density at radius 3 is 2.05 bits per heavy atom. The molecule has 14 heteroatoms. The molecule has 0 radical (unpaired) electrons. The highest BCUT2D eigenvalue weighted by atomic mass is 16.4. The molecular formula is C23H32N6O8. The molecule has 2 rings (SSSR count). The zero-order valence-corrected chi connectivity index (χ0v) is 20.3. The van der Waals surface area contributed by atoms with Gasteiger partial charge in [0.15, 0.2) is 0 Å². The molecule has 37 heavy (non-hydrogen) atoms. The summed E-state index contributed by atoms with van der Waals surface area (Å²) >= 11 is 0. The molecule has 0 aliphatic rings. The van der Waals surface area contributed by atoms with Crippen molar-refractivity contribution in [2.75, 3.05) is 0 Å². The summed E-state index contributed by atoms with van der Waals surface area (Å²) in [5, 5.41) is 45.7. The maximum Gasteiger partial charge on any atom is 0.326 e. The normalized spacial score (nSPS) is 15.9. The van der Waals surface area contributed by atoms with Crippen LogP contribution in [0.3, 0.4) is 0 Å². The number of carboxylic acid groups (broad SMARTS) is 1. The SMILES string of the molecule is CC(O)C(N)C(=O)NC(C(=O)NC(Cc1cnc[nH]1)C(=O)NC(Cc1ccc(O)cc1)C(=O)O)C(C)O. The van der Waals surface area contributed by atoms with Gasteiger partial charge in [-0.1, -0.05) is 12.1 Å². The van der Waals surface area contributed by atoms with Crippen molar-refractivity contribution >= 4 is 23.7 Å². The first-order valence-corrected chi connectivity index (χ1v) is 11.4. The van der Waals surface area contributed by atoms with E-state index in [1.807, 2.05) is 0 Å². The number of aromatic nitrogens is 2. The molecule has 0 spiro atoms. The lowest BCUT2D eigenvalue weighted by atomic mass is 10.0. The number of H-pyrrole nitrogens is 1. The van der Waals surface area contributed by atoms with E-state index in [1.54, 1.807) is 0 Å². The van der Waals surface area contributed by atoms with E-state index in [-0.39, 0.29) is 18.6 Å². The number of aromatic amines is 1. The minimum Gasteiger partial charge on any atom is -0.508 e. The van der Waals surface area contributed by atoms with E-state index in [4.69, 9.17) is 5.73 Å². The molecule has 0 saturated heterocycles. The summed E-state index contributed by atoms with van der Waals surface area (Å²) in [6, 6.07) is 0.199. The minimum atomic E-state index is -1.53. The van der Waals surface area contributed by atoms with E-state index < -0.39 is 60.1 Å². The molecule has 0 bridgehead atoms. The lowest BCUT2D eigenvalue weighted by Crippen LogP contribution is -2.61. The molecule has 3 amide bonds. The molecule has 0 saturated carbocycles. The van der Waals surface area contributed by atoms with Gasteiger partial charge < -0.3 is 47.1 Å². The lowest BCUT2D eigenvalue weighted by Gasteiger charge is -2.26. The number of imidazole rings is 1. The first-order chi connectivity index (χ1) is 17.4. The lowest BCUT2D eigenvalue weighted by molar-refractivity contribution is -0.142. The van der Waals surface area contributed by atoms with Crippen molar-refractivity contribution in [3.05, 3.63) is 48.0 Å². The fourth-order valence-electron chi connectivity index (χ4n) is 3.30. The van der Waals surface area contributed by atoms with Crippen molar-refractivity contribution < 1.29 is 39.6 Å². The maximum atomic E-state index is 13.1. The summed E-state index contributed by atoms with van der Waals surface area (Å²) in [6.45, 7) is 2.52. The van der Waals surface area contributed by atoms with E-state index in [9.17, 15) is 39.6 Å². The Balaban J connectivity index is 2.20. The second-order valence-electron chi connectivity index (χ2n) is 8.61. The first kappa shape index (κ1) is 29.2. The fraction of sp³-hybridized carbons (Fsp3) is 0.435. The number of amides is 3. The number of carbonyl (C=O) groups excluding carboxylic acids is 3. The van der Waals surface area contributed by atoms with E-state index >= 15 is 0 Å². The number of nitrogens with two attached hydrogens (primary N) is 1. The Morgan fingerprint density at radius 1 is 0.919 bits per heavy atom. The predicted octanol–water partition coefficient (Wildman–Crippen LogP) is -2.47. The molecule has 0 aliphatic heterocycles. The van der Waals surface area contributed by atoms with Crippen LogP contribution in [0.4, 0.5) is 0 Å². The fourth-order valence-corrected chi connectivity index (χ4v) is 3.30. The summed E-state index contributed by atoms with van der Waals surface area (Å²) < 4.78 is 0. The van der Waals surface area contributed by atoms with Crippen LogP contribution < -0.4 is 21.7 Å². The van der Waals surface area contributed by atoms with Gasteiger partial charge in [0.1, 0.15) is 29.9 Å². The van der Waals surface area contributed by atoms with Crippen LogP contribution in [0.15, 0.2) is 36.8 Å². The van der Waals surface area contributed by atoms with Crippen LogP contribution in [0.5, 0.6) is 5.75 Å². The topological polar surface area (TPSA) is 240 Å². The van der Waals surface area contributed by atoms with E-state index in [0.717, 1.165) is 0 Å². The molecule has 1 heterocycles. The number of phenolic OH excluding ortho intramolecular Hbond substituents is 1. The number of aliphatic hydroxyl groups is 2. The Morgan fingerprint density at radius 2 is 1.54 bits per heavy atom. The van der Waals surface area contributed by atoms with Crippen LogP contribution in [0, 0.1) is 0 Å². The zero-order chi connectivity index (χ0) is 27.7. The van der Waals surface area contributed by atoms with Crippen molar-refractivity contribution in [1.82, 2.24) is 25.9 Å². The van der Waals surface area contributed by atoms with Gasteiger partial charge in [0, 0.05) is 24.7 Å². The number of hydrogen-bond donors (Lipinski definition) is 9. The Bertz CT molecular complexity index is 1060. The van der Waals surface area contributed by atoms with Crippen LogP contribution >= 0.6 is 0 Å². The molecule has 0 aliphatic carbocycles. The second kappa shape index (κ2) is 13.3. The number of aliphatic hydroxyl groups excluding tert-OH is 2. The number of nitrogens with zero attached hydrogens (tertiary/aromatic N) is 1. The minimum absolute atomic E-state index is 0.00356. The highest BCUT2D eigenvalue weighted by molar-refractivity contribution is 5.94. The van der Waals surface area contributed by atoms with Gasteiger partial charge in [-0.05, 0) is 31.5 Å². The molecule has 2 aromatic rings. The zero-order valence-electron chi connectivity index (χ0n) is 20.3. The van der Waals surface area contributed by atoms with E-state index in [0.29, 0.717) is 11.3 Å². The van der Waals surface area contributed by atoms with Crippen LogP contribution in [0.1, 0.15) is 25.1 Å². The van der Waals surface area contributed by atoms with Crippen LogP contribution in [-0.4, -0.2) is 90.5 Å². The number of rotatable bonds is 13. The van der Waals surface area contributed by atoms with Crippen molar-refractivity contribution in [3.63, 3.8) is 0 Å². The third-order valence-electron chi connectivity index (χ3n) is 5.49. The van der Waals surface area contributed by atoms with Crippen molar-refractivity contribution in [3.8, 4) is 5.75 Å². The Labute approximate surface area is 212 Å². The smallest absolute Gasteiger partial charge is 0.326 e. The summed E-state index contributed by atoms with van der Waals surface area (Å²) in [6.07, 6.45) is -0.0761. The van der Waals surface area contributed by atoms with Gasteiger partial charge in [0.25, 0.3) is 0 Å². The van der Waals surface area contributed by atoms with Gasteiger partial charge in [-0.25, -0.2) is 9.78 Å². The molecule has 0 fully saturated rings. The van der Waals surface area contributed by atoms with Gasteiger partial charge in [0.2, 0.25) is 17.7 Å². The highest BCUT2D eigenvalue weighted by Gasteiger charge is 2.33. The summed E-state index contributed by atoms with van der Waals surface area (Å²) in [5.74, 6) is -4.01. The molecule has 6 atom stereocenters. The summed E-state index contributed by atoms with van der Waals surface area (Å²) in [4.78, 5) is 56.8. The monoisotopic (exact) mass is 520 g/mol. The van der Waals surface area contributed by atoms with Crippen LogP contribution in [0.2, 0.25) is 0 Å². The van der Waals surface area contributed by atoms with Crippen molar-refractivity contribution in [1.29, 1.82) is 0 Å². The molecule has 202 valence electrons. The molecule has 6 unspecified atom stereocenters. The number of carboxylic acids is 1. The van der Waals surface area contributed by atoms with Gasteiger partial charge in [-0.2, -0.15) is 0 Å². The summed E-state index contributed by atoms with van der Waals surface area (Å²) in [7, 11) is 0. The molecule has 1 aromatic heterocycles.